The molecule has 0 atom stereocenters. The van der Waals surface area contributed by atoms with Crippen molar-refractivity contribution >= 4 is 22.7 Å². The van der Waals surface area contributed by atoms with Crippen molar-refractivity contribution in [3.63, 3.8) is 0 Å². The van der Waals surface area contributed by atoms with Gasteiger partial charge in [-0.05, 0) is 74.2 Å². The Morgan fingerprint density at radius 3 is 0.952 bits per heavy atom. The molecule has 2 aliphatic rings. The van der Waals surface area contributed by atoms with Crippen LogP contribution in [0.1, 0.15) is 77.0 Å². The normalized spacial score (nSPS) is 17.2. The minimum absolute atomic E-state index is 0.729. The van der Waals surface area contributed by atoms with Crippen molar-refractivity contribution in [1.82, 2.24) is 0 Å². The molecule has 222 valence electrons. The molecule has 6 rings (SSSR count). The highest BCUT2D eigenvalue weighted by Crippen LogP contribution is 2.48. The lowest BCUT2D eigenvalue weighted by molar-refractivity contribution is 0.285. The first kappa shape index (κ1) is 29.1. The lowest BCUT2D eigenvalue weighted by Gasteiger charge is -2.16. The van der Waals surface area contributed by atoms with E-state index in [1.165, 1.54) is 70.9 Å². The molecule has 4 heterocycles. The number of hydrogen-bond donors (Lipinski definition) is 0. The Kier molecular flexibility index (Phi) is 10.4. The Morgan fingerprint density at radius 1 is 0.333 bits per heavy atom. The third-order valence-corrected chi connectivity index (χ3v) is 10.4. The van der Waals surface area contributed by atoms with E-state index in [-0.39, 0.29) is 0 Å². The van der Waals surface area contributed by atoms with E-state index in [9.17, 15) is 0 Å². The summed E-state index contributed by atoms with van der Waals surface area (Å²) < 4.78 is 25.7. The van der Waals surface area contributed by atoms with Gasteiger partial charge in [0.25, 0.3) is 0 Å². The van der Waals surface area contributed by atoms with E-state index in [4.69, 9.17) is 18.9 Å². The summed E-state index contributed by atoms with van der Waals surface area (Å²) in [6, 6.07) is 21.5. The third-order valence-electron chi connectivity index (χ3n) is 8.03. The average molecular weight is 603 g/mol. The van der Waals surface area contributed by atoms with Gasteiger partial charge in [-0.3, -0.25) is 0 Å². The van der Waals surface area contributed by atoms with Crippen LogP contribution in [0.4, 0.5) is 0 Å². The molecule has 4 nitrogen and oxygen atoms in total. The van der Waals surface area contributed by atoms with Crippen molar-refractivity contribution in [2.24, 2.45) is 0 Å². The fraction of sp³-hybridized carbons (Fsp3) is 0.444. The monoisotopic (exact) mass is 602 g/mol. The van der Waals surface area contributed by atoms with Crippen LogP contribution in [0.5, 0.6) is 23.0 Å². The van der Waals surface area contributed by atoms with Crippen molar-refractivity contribution in [1.29, 1.82) is 0 Å². The predicted molar refractivity (Wildman–Crippen MR) is 176 cm³/mol. The molecule has 2 aliphatic heterocycles. The minimum atomic E-state index is 0.729. The van der Waals surface area contributed by atoms with Gasteiger partial charge in [0.05, 0.1) is 37.6 Å². The topological polar surface area (TPSA) is 36.9 Å². The molecule has 6 heteroatoms. The first-order valence-electron chi connectivity index (χ1n) is 15.8. The van der Waals surface area contributed by atoms with E-state index in [2.05, 4.69) is 60.7 Å². The molecule has 2 aromatic heterocycles. The zero-order chi connectivity index (χ0) is 28.4. The lowest BCUT2D eigenvalue weighted by Crippen LogP contribution is -2.03. The Labute approximate surface area is 258 Å². The highest BCUT2D eigenvalue weighted by molar-refractivity contribution is 7.25. The van der Waals surface area contributed by atoms with Crippen molar-refractivity contribution in [2.75, 3.05) is 26.4 Å². The molecule has 0 N–H and O–H groups in total. The van der Waals surface area contributed by atoms with Crippen molar-refractivity contribution in [2.45, 2.75) is 77.0 Å². The smallest absolute Gasteiger partial charge is 0.131 e. The van der Waals surface area contributed by atoms with Gasteiger partial charge < -0.3 is 18.9 Å². The van der Waals surface area contributed by atoms with E-state index >= 15 is 0 Å². The Hall–Kier alpha value is -2.96. The van der Waals surface area contributed by atoms with Crippen LogP contribution in [-0.2, 0) is 0 Å². The van der Waals surface area contributed by atoms with Crippen LogP contribution in [0.15, 0.2) is 60.7 Å². The zero-order valence-electron chi connectivity index (χ0n) is 24.5. The van der Waals surface area contributed by atoms with Gasteiger partial charge in [0, 0.05) is 19.5 Å². The van der Waals surface area contributed by atoms with E-state index < -0.39 is 0 Å². The summed E-state index contributed by atoms with van der Waals surface area (Å²) in [5.74, 6) is 3.71. The molecule has 4 aromatic rings. The maximum atomic E-state index is 6.43. The fourth-order valence-corrected chi connectivity index (χ4v) is 7.96. The molecule has 0 saturated carbocycles. The molecular weight excluding hydrogens is 561 g/mol. The van der Waals surface area contributed by atoms with Crippen molar-refractivity contribution in [3.8, 4) is 53.6 Å². The SMILES string of the molecule is c1cc2c3c(c1)OCCCCCCCCOc1cccc(c1-c1ccc(s1)-c1ccc-3s1)OCCCCCCCCO2. The predicted octanol–water partition coefficient (Wildman–Crippen LogP) is 11.0. The second-order valence-corrected chi connectivity index (χ2v) is 13.4. The molecule has 0 spiro atoms. The van der Waals surface area contributed by atoms with Gasteiger partial charge in [0.15, 0.2) is 0 Å². The number of hydrogen-bond acceptors (Lipinski definition) is 6. The first-order valence-corrected chi connectivity index (χ1v) is 17.5. The highest BCUT2D eigenvalue weighted by Gasteiger charge is 2.20. The van der Waals surface area contributed by atoms with Gasteiger partial charge in [-0.15, -0.1) is 22.7 Å². The average Bonchev–Trinajstić information content (AvgIpc) is 3.69. The highest BCUT2D eigenvalue weighted by atomic mass is 32.1. The Morgan fingerprint density at radius 2 is 0.619 bits per heavy atom. The maximum Gasteiger partial charge on any atom is 0.131 e. The molecule has 0 amide bonds. The van der Waals surface area contributed by atoms with Crippen LogP contribution in [-0.4, -0.2) is 26.4 Å². The van der Waals surface area contributed by atoms with E-state index in [0.29, 0.717) is 0 Å². The number of thiophene rings is 2. The van der Waals surface area contributed by atoms with Crippen LogP contribution >= 0.6 is 22.7 Å². The van der Waals surface area contributed by atoms with Gasteiger partial charge in [-0.25, -0.2) is 0 Å². The standard InChI is InChI=1S/C36H42O4S2/c1-2-6-10-24-38-28-16-14-18-30-36(28)34-22-20-32(42-34)31-19-21-33(41-31)35-27(37-23-9-5-1)15-13-17-29(35)39-25-11-7-3-4-8-12-26-40-30/h13-22H,1-12,23-26H2. The van der Waals surface area contributed by atoms with Crippen molar-refractivity contribution in [3.05, 3.63) is 60.7 Å². The molecule has 42 heavy (non-hydrogen) atoms. The third kappa shape index (κ3) is 7.33. The Bertz CT molecular complexity index is 1250. The van der Waals surface area contributed by atoms with Gasteiger partial charge in [0.2, 0.25) is 0 Å². The zero-order valence-corrected chi connectivity index (χ0v) is 26.2. The summed E-state index contributed by atoms with van der Waals surface area (Å²) >= 11 is 3.61. The summed E-state index contributed by atoms with van der Waals surface area (Å²) in [4.78, 5) is 4.85. The fourth-order valence-electron chi connectivity index (χ4n) is 5.75. The van der Waals surface area contributed by atoms with E-state index in [1.54, 1.807) is 22.7 Å². The first-order chi connectivity index (χ1) is 20.9. The second kappa shape index (κ2) is 15.0. The van der Waals surface area contributed by atoms with Gasteiger partial charge in [-0.1, -0.05) is 63.5 Å². The lowest BCUT2D eigenvalue weighted by atomic mass is 10.1. The van der Waals surface area contributed by atoms with Crippen LogP contribution in [0.3, 0.4) is 0 Å². The molecule has 0 fully saturated rings. The van der Waals surface area contributed by atoms with Gasteiger partial charge >= 0.3 is 0 Å². The quantitative estimate of drug-likeness (QED) is 0.201. The van der Waals surface area contributed by atoms with E-state index in [1.807, 2.05) is 0 Å². The second-order valence-electron chi connectivity index (χ2n) is 11.2. The summed E-state index contributed by atoms with van der Waals surface area (Å²) in [5, 5.41) is 0. The summed E-state index contributed by atoms with van der Waals surface area (Å²) in [6.07, 6.45) is 13.8. The summed E-state index contributed by atoms with van der Waals surface area (Å²) in [6.45, 7) is 2.92. The van der Waals surface area contributed by atoms with Crippen LogP contribution in [0.25, 0.3) is 30.6 Å². The molecule has 0 unspecified atom stereocenters. The van der Waals surface area contributed by atoms with Gasteiger partial charge in [-0.2, -0.15) is 0 Å². The molecule has 0 radical (unpaired) electrons. The number of rotatable bonds is 0. The maximum absolute atomic E-state index is 6.43. The molecule has 0 aliphatic carbocycles. The summed E-state index contributed by atoms with van der Waals surface area (Å²) in [5.41, 5.74) is 2.17. The molecule has 0 saturated heterocycles. The van der Waals surface area contributed by atoms with Crippen LogP contribution in [0, 0.1) is 0 Å². The van der Waals surface area contributed by atoms with Crippen LogP contribution < -0.4 is 18.9 Å². The largest absolute Gasteiger partial charge is 0.493 e. The molecule has 2 aromatic carbocycles. The van der Waals surface area contributed by atoms with E-state index in [0.717, 1.165) is 86.2 Å². The van der Waals surface area contributed by atoms with Gasteiger partial charge in [0.1, 0.15) is 23.0 Å². The number of benzene rings is 2. The Balaban J connectivity index is 1.41. The number of ether oxygens (including phenoxy) is 4. The summed E-state index contributed by atoms with van der Waals surface area (Å²) in [7, 11) is 0. The molecular formula is C36H42O4S2. The molecule has 6 bridgehead atoms. The van der Waals surface area contributed by atoms with Crippen molar-refractivity contribution < 1.29 is 18.9 Å². The minimum Gasteiger partial charge on any atom is -0.493 e. The van der Waals surface area contributed by atoms with Crippen LogP contribution in [0.2, 0.25) is 0 Å².